The maximum atomic E-state index is 4.56. The van der Waals surface area contributed by atoms with Gasteiger partial charge in [0.05, 0.1) is 5.69 Å². The molecule has 4 nitrogen and oxygen atoms in total. The summed E-state index contributed by atoms with van der Waals surface area (Å²) >= 11 is 0. The Morgan fingerprint density at radius 3 is 3.23 bits per heavy atom. The Kier molecular flexibility index (Phi) is 3.62. The average molecular weight is 296 g/mol. The van der Waals surface area contributed by atoms with Crippen LogP contribution in [0, 0.1) is 12.8 Å². The average Bonchev–Trinajstić information content (AvgIpc) is 2.92. The van der Waals surface area contributed by atoms with Crippen molar-refractivity contribution >= 4 is 5.82 Å². The normalized spacial score (nSPS) is 23.5. The summed E-state index contributed by atoms with van der Waals surface area (Å²) in [6.45, 7) is 5.15. The van der Waals surface area contributed by atoms with Crippen LogP contribution in [0.25, 0.3) is 0 Å². The van der Waals surface area contributed by atoms with Gasteiger partial charge in [-0.05, 0) is 37.3 Å². The van der Waals surface area contributed by atoms with Crippen LogP contribution in [0.2, 0.25) is 0 Å². The van der Waals surface area contributed by atoms with E-state index in [1.165, 1.54) is 30.4 Å². The minimum Gasteiger partial charge on any atom is -0.370 e. The second kappa shape index (κ2) is 5.76. The smallest absolute Gasteiger partial charge is 0.124 e. The molecule has 1 aromatic heterocycles. The number of rotatable bonds is 3. The number of fused-ring (bicyclic) bond motifs is 2. The van der Waals surface area contributed by atoms with E-state index in [1.807, 2.05) is 0 Å². The first-order valence-corrected chi connectivity index (χ1v) is 8.39. The lowest BCUT2D eigenvalue weighted by Gasteiger charge is -2.30. The van der Waals surface area contributed by atoms with Crippen molar-refractivity contribution in [3.8, 4) is 0 Å². The van der Waals surface area contributed by atoms with Gasteiger partial charge in [-0.15, -0.1) is 0 Å². The molecule has 0 amide bonds. The summed E-state index contributed by atoms with van der Waals surface area (Å²) < 4.78 is 2.11. The Bertz CT molecular complexity index is 661. The fourth-order valence-electron chi connectivity index (χ4n) is 3.80. The zero-order chi connectivity index (χ0) is 14.9. The SMILES string of the molecule is Cc1cc2n(n1)C[C@@H](CN[C@H]1CCCc3ccccc31)CN2. The quantitative estimate of drug-likeness (QED) is 0.915. The van der Waals surface area contributed by atoms with E-state index >= 15 is 0 Å². The lowest BCUT2D eigenvalue weighted by Crippen LogP contribution is -2.37. The van der Waals surface area contributed by atoms with Crippen molar-refractivity contribution in [2.24, 2.45) is 5.92 Å². The van der Waals surface area contributed by atoms with Gasteiger partial charge >= 0.3 is 0 Å². The Balaban J connectivity index is 1.40. The number of anilines is 1. The van der Waals surface area contributed by atoms with Crippen LogP contribution in [0.5, 0.6) is 0 Å². The van der Waals surface area contributed by atoms with E-state index in [2.05, 4.69) is 57.7 Å². The second-order valence-corrected chi connectivity index (χ2v) is 6.65. The summed E-state index contributed by atoms with van der Waals surface area (Å²) in [7, 11) is 0. The van der Waals surface area contributed by atoms with Crippen molar-refractivity contribution in [1.82, 2.24) is 15.1 Å². The zero-order valence-electron chi connectivity index (χ0n) is 13.2. The fraction of sp³-hybridized carbons (Fsp3) is 0.500. The third-order valence-corrected chi connectivity index (χ3v) is 4.93. The van der Waals surface area contributed by atoms with Crippen LogP contribution in [0.15, 0.2) is 30.3 Å². The molecular weight excluding hydrogens is 272 g/mol. The molecule has 2 atom stereocenters. The molecule has 1 aliphatic carbocycles. The van der Waals surface area contributed by atoms with E-state index in [4.69, 9.17) is 0 Å². The van der Waals surface area contributed by atoms with Gasteiger partial charge in [0.1, 0.15) is 5.82 Å². The zero-order valence-corrected chi connectivity index (χ0v) is 13.2. The lowest BCUT2D eigenvalue weighted by atomic mass is 9.87. The molecule has 2 heterocycles. The molecule has 2 aliphatic rings. The molecule has 2 N–H and O–H groups in total. The molecule has 4 heteroatoms. The van der Waals surface area contributed by atoms with Gasteiger partial charge in [0, 0.05) is 37.7 Å². The molecule has 0 unspecified atom stereocenters. The van der Waals surface area contributed by atoms with Crippen molar-refractivity contribution in [1.29, 1.82) is 0 Å². The number of aromatic nitrogens is 2. The third kappa shape index (κ3) is 2.63. The molecule has 1 aliphatic heterocycles. The number of nitrogens with zero attached hydrogens (tertiary/aromatic N) is 2. The van der Waals surface area contributed by atoms with Crippen LogP contribution < -0.4 is 10.6 Å². The first kappa shape index (κ1) is 13.8. The van der Waals surface area contributed by atoms with E-state index in [-0.39, 0.29) is 0 Å². The van der Waals surface area contributed by atoms with Gasteiger partial charge in [-0.2, -0.15) is 5.10 Å². The third-order valence-electron chi connectivity index (χ3n) is 4.93. The molecule has 22 heavy (non-hydrogen) atoms. The van der Waals surface area contributed by atoms with Crippen molar-refractivity contribution in [3.63, 3.8) is 0 Å². The molecule has 0 radical (unpaired) electrons. The molecule has 116 valence electrons. The summed E-state index contributed by atoms with van der Waals surface area (Å²) in [4.78, 5) is 0. The second-order valence-electron chi connectivity index (χ2n) is 6.65. The van der Waals surface area contributed by atoms with Crippen molar-refractivity contribution < 1.29 is 0 Å². The van der Waals surface area contributed by atoms with Crippen LogP contribution in [0.4, 0.5) is 5.82 Å². The molecule has 0 saturated heterocycles. The minimum atomic E-state index is 0.519. The highest BCUT2D eigenvalue weighted by Crippen LogP contribution is 2.29. The monoisotopic (exact) mass is 296 g/mol. The fourth-order valence-corrected chi connectivity index (χ4v) is 3.80. The van der Waals surface area contributed by atoms with Gasteiger partial charge in [-0.3, -0.25) is 0 Å². The molecule has 4 rings (SSSR count). The predicted molar refractivity (Wildman–Crippen MR) is 89.1 cm³/mol. The van der Waals surface area contributed by atoms with Crippen molar-refractivity contribution in [2.45, 2.75) is 38.8 Å². The van der Waals surface area contributed by atoms with E-state index in [1.54, 1.807) is 0 Å². The largest absolute Gasteiger partial charge is 0.370 e. The first-order valence-electron chi connectivity index (χ1n) is 8.39. The molecule has 0 bridgehead atoms. The predicted octanol–water partition coefficient (Wildman–Crippen LogP) is 2.90. The Labute approximate surface area is 131 Å². The van der Waals surface area contributed by atoms with Gasteiger partial charge in [-0.25, -0.2) is 4.68 Å². The van der Waals surface area contributed by atoms with Crippen LogP contribution in [0.1, 0.15) is 35.7 Å². The van der Waals surface area contributed by atoms with Gasteiger partial charge < -0.3 is 10.6 Å². The van der Waals surface area contributed by atoms with Crippen molar-refractivity contribution in [2.75, 3.05) is 18.4 Å². The highest BCUT2D eigenvalue weighted by molar-refractivity contribution is 5.38. The van der Waals surface area contributed by atoms with E-state index < -0.39 is 0 Å². The molecule has 0 spiro atoms. The summed E-state index contributed by atoms with van der Waals surface area (Å²) in [6, 6.07) is 11.5. The minimum absolute atomic E-state index is 0.519. The Hall–Kier alpha value is -1.81. The van der Waals surface area contributed by atoms with E-state index in [0.717, 1.165) is 31.1 Å². The van der Waals surface area contributed by atoms with Gasteiger partial charge in [0.2, 0.25) is 0 Å². The Morgan fingerprint density at radius 1 is 1.36 bits per heavy atom. The summed E-state index contributed by atoms with van der Waals surface area (Å²) in [6.07, 6.45) is 3.78. The highest BCUT2D eigenvalue weighted by Gasteiger charge is 2.23. The maximum absolute atomic E-state index is 4.56. The topological polar surface area (TPSA) is 41.9 Å². The highest BCUT2D eigenvalue weighted by atomic mass is 15.3. The van der Waals surface area contributed by atoms with E-state index in [9.17, 15) is 0 Å². The number of nitrogens with one attached hydrogen (secondary N) is 2. The first-order chi connectivity index (χ1) is 10.8. The van der Waals surface area contributed by atoms with Gasteiger partial charge in [0.25, 0.3) is 0 Å². The molecule has 0 fully saturated rings. The summed E-state index contributed by atoms with van der Waals surface area (Å²) in [5.41, 5.74) is 4.13. The van der Waals surface area contributed by atoms with Crippen LogP contribution in [0.3, 0.4) is 0 Å². The number of benzene rings is 1. The lowest BCUT2D eigenvalue weighted by molar-refractivity contribution is 0.355. The molecule has 2 aromatic rings. The van der Waals surface area contributed by atoms with Crippen LogP contribution in [-0.4, -0.2) is 22.9 Å². The number of aryl methyl sites for hydroxylation is 2. The van der Waals surface area contributed by atoms with E-state index in [0.29, 0.717) is 12.0 Å². The van der Waals surface area contributed by atoms with Gasteiger partial charge in [0.15, 0.2) is 0 Å². The Morgan fingerprint density at radius 2 is 2.27 bits per heavy atom. The molecule has 1 aromatic carbocycles. The standard InChI is InChI=1S/C18H24N4/c1-13-9-18-20-11-14(12-22(18)21-13)10-19-17-8-4-6-15-5-2-3-7-16(15)17/h2-3,5,7,9,14,17,19-20H,4,6,8,10-12H2,1H3/t14-,17-/m0/s1. The maximum Gasteiger partial charge on any atom is 0.124 e. The summed E-state index contributed by atoms with van der Waals surface area (Å²) in [5, 5.41) is 11.9. The van der Waals surface area contributed by atoms with Gasteiger partial charge in [-0.1, -0.05) is 24.3 Å². The van der Waals surface area contributed by atoms with Crippen LogP contribution >= 0.6 is 0 Å². The van der Waals surface area contributed by atoms with Crippen LogP contribution in [-0.2, 0) is 13.0 Å². The molecule has 0 saturated carbocycles. The number of hydrogen-bond acceptors (Lipinski definition) is 3. The van der Waals surface area contributed by atoms with Crippen molar-refractivity contribution in [3.05, 3.63) is 47.2 Å². The number of hydrogen-bond donors (Lipinski definition) is 2. The molecular formula is C18H24N4. The summed E-state index contributed by atoms with van der Waals surface area (Å²) in [5.74, 6) is 1.76.